The van der Waals surface area contributed by atoms with Gasteiger partial charge in [-0.05, 0) is 22.5 Å². The monoisotopic (exact) mass is 376 g/mol. The quantitative estimate of drug-likeness (QED) is 0.525. The van der Waals surface area contributed by atoms with Gasteiger partial charge in [-0.15, -0.1) is 0 Å². The molecule has 27 heavy (non-hydrogen) atoms. The molecule has 138 valence electrons. The van der Waals surface area contributed by atoms with Gasteiger partial charge in [0.15, 0.2) is 0 Å². The summed E-state index contributed by atoms with van der Waals surface area (Å²) >= 11 is 0. The predicted molar refractivity (Wildman–Crippen MR) is 114 cm³/mol. The van der Waals surface area contributed by atoms with Crippen molar-refractivity contribution >= 4 is 18.7 Å². The third-order valence-electron chi connectivity index (χ3n) is 5.10. The molecule has 0 spiro atoms. The molecule has 0 bridgehead atoms. The minimum atomic E-state index is -2.62. The second-order valence-electron chi connectivity index (χ2n) is 6.95. The lowest BCUT2D eigenvalue weighted by molar-refractivity contribution is 0.182. The van der Waals surface area contributed by atoms with Gasteiger partial charge in [0, 0.05) is 5.92 Å². The number of benzene rings is 3. The topological polar surface area (TPSA) is 9.23 Å². The molecule has 0 aromatic heterocycles. The van der Waals surface area contributed by atoms with Crippen LogP contribution < -0.4 is 10.4 Å². The van der Waals surface area contributed by atoms with E-state index in [1.807, 2.05) is 73.7 Å². The third kappa shape index (κ3) is 4.26. The van der Waals surface area contributed by atoms with Crippen LogP contribution in [-0.2, 0) is 4.43 Å². The fourth-order valence-electron chi connectivity index (χ4n) is 3.44. The summed E-state index contributed by atoms with van der Waals surface area (Å²) in [4.78, 5) is 0. The summed E-state index contributed by atoms with van der Waals surface area (Å²) in [6, 6.07) is 30.2. The zero-order valence-electron chi connectivity index (χ0n) is 15.8. The van der Waals surface area contributed by atoms with Gasteiger partial charge in [0.25, 0.3) is 8.32 Å². The summed E-state index contributed by atoms with van der Waals surface area (Å²) in [7, 11) is -2.62. The highest BCUT2D eigenvalue weighted by molar-refractivity contribution is 6.96. The lowest BCUT2D eigenvalue weighted by atomic mass is 9.95. The molecule has 3 heteroatoms. The van der Waals surface area contributed by atoms with Crippen molar-refractivity contribution in [2.24, 2.45) is 0 Å². The molecule has 0 aliphatic carbocycles. The van der Waals surface area contributed by atoms with E-state index in [9.17, 15) is 4.39 Å². The first-order valence-electron chi connectivity index (χ1n) is 9.20. The highest BCUT2D eigenvalue weighted by atomic mass is 28.4. The van der Waals surface area contributed by atoms with Gasteiger partial charge in [0.2, 0.25) is 0 Å². The molecule has 0 saturated heterocycles. The summed E-state index contributed by atoms with van der Waals surface area (Å²) in [5.74, 6) is -0.570. The Morgan fingerprint density at radius 3 is 1.63 bits per heavy atom. The maximum Gasteiger partial charge on any atom is 0.253 e. The number of hydrogen-bond donors (Lipinski definition) is 0. The van der Waals surface area contributed by atoms with Gasteiger partial charge in [-0.3, -0.25) is 0 Å². The van der Waals surface area contributed by atoms with Crippen molar-refractivity contribution in [3.8, 4) is 0 Å². The van der Waals surface area contributed by atoms with E-state index in [2.05, 4.69) is 37.4 Å². The Morgan fingerprint density at radius 2 is 1.22 bits per heavy atom. The highest BCUT2D eigenvalue weighted by Crippen LogP contribution is 2.29. The summed E-state index contributed by atoms with van der Waals surface area (Å²) in [6.07, 6.45) is -0.704. The van der Waals surface area contributed by atoms with E-state index in [4.69, 9.17) is 4.43 Å². The molecular formula is C24H25FOSi. The molecule has 1 nitrogen and oxygen atoms in total. The van der Waals surface area contributed by atoms with Crippen LogP contribution in [0.1, 0.15) is 18.4 Å². The van der Waals surface area contributed by atoms with Crippen LogP contribution in [0.5, 0.6) is 0 Å². The molecule has 3 aromatic carbocycles. The van der Waals surface area contributed by atoms with Gasteiger partial charge in [-0.1, -0.05) is 104 Å². The molecule has 3 rings (SSSR count). The first-order valence-corrected chi connectivity index (χ1v) is 11.6. The molecule has 0 radical (unpaired) electrons. The highest BCUT2D eigenvalue weighted by Gasteiger charge is 2.39. The lowest BCUT2D eigenvalue weighted by Gasteiger charge is -2.35. The molecule has 0 saturated carbocycles. The Bertz CT molecular complexity index is 825. The molecule has 0 amide bonds. The van der Waals surface area contributed by atoms with Crippen molar-refractivity contribution in [3.63, 3.8) is 0 Å². The molecule has 0 unspecified atom stereocenters. The summed E-state index contributed by atoms with van der Waals surface area (Å²) in [5, 5.41) is 2.23. The lowest BCUT2D eigenvalue weighted by Crippen LogP contribution is -2.60. The van der Waals surface area contributed by atoms with Gasteiger partial charge in [0.1, 0.15) is 11.9 Å². The van der Waals surface area contributed by atoms with E-state index in [-0.39, 0.29) is 5.92 Å². The van der Waals surface area contributed by atoms with Gasteiger partial charge < -0.3 is 4.43 Å². The van der Waals surface area contributed by atoms with Crippen LogP contribution in [0.15, 0.2) is 103 Å². The Hall–Kier alpha value is -2.49. The van der Waals surface area contributed by atoms with Crippen LogP contribution in [0, 0.1) is 0 Å². The average Bonchev–Trinajstić information content (AvgIpc) is 2.73. The molecule has 0 heterocycles. The molecule has 3 aromatic rings. The van der Waals surface area contributed by atoms with Crippen molar-refractivity contribution in [3.05, 3.63) is 109 Å². The summed E-state index contributed by atoms with van der Waals surface area (Å²) in [6.45, 7) is 7.73. The van der Waals surface area contributed by atoms with E-state index in [0.717, 1.165) is 15.9 Å². The number of halogens is 1. The van der Waals surface area contributed by atoms with Crippen molar-refractivity contribution in [2.75, 3.05) is 0 Å². The SMILES string of the molecule is C=C(F)[C@H](O[Si](C)(c1ccccc1)c1ccccc1)[C@@H](C)c1ccccc1. The molecule has 0 N–H and O–H groups in total. The molecule has 0 aliphatic heterocycles. The maximum atomic E-state index is 14.6. The smallest absolute Gasteiger partial charge is 0.253 e. The number of rotatable bonds is 7. The van der Waals surface area contributed by atoms with E-state index < -0.39 is 20.2 Å². The van der Waals surface area contributed by atoms with Crippen molar-refractivity contribution in [2.45, 2.75) is 25.5 Å². The fraction of sp³-hybridized carbons (Fsp3) is 0.167. The van der Waals surface area contributed by atoms with Crippen molar-refractivity contribution in [1.82, 2.24) is 0 Å². The second kappa shape index (κ2) is 8.46. The fourth-order valence-corrected chi connectivity index (χ4v) is 6.54. The van der Waals surface area contributed by atoms with Gasteiger partial charge in [-0.25, -0.2) is 4.39 Å². The summed E-state index contributed by atoms with van der Waals surface area (Å²) in [5.41, 5.74) is 1.04. The van der Waals surface area contributed by atoms with Gasteiger partial charge in [0.05, 0.1) is 0 Å². The zero-order valence-corrected chi connectivity index (χ0v) is 16.8. The average molecular weight is 377 g/mol. The first-order chi connectivity index (χ1) is 13.0. The standard InChI is InChI=1S/C24H25FOSi/c1-19(21-13-7-4-8-14-21)24(20(2)25)26-27(3,22-15-9-5-10-16-22)23-17-11-6-12-18-23/h4-19,24H,2H2,1,3H3/t19-,24+/m0/s1. The van der Waals surface area contributed by atoms with Gasteiger partial charge in [-0.2, -0.15) is 0 Å². The first kappa shape index (κ1) is 19.3. The molecule has 0 aliphatic rings. The largest absolute Gasteiger partial charge is 0.398 e. The third-order valence-corrected chi connectivity index (χ3v) is 8.70. The van der Waals surface area contributed by atoms with E-state index in [1.165, 1.54) is 0 Å². The molecular weight excluding hydrogens is 351 g/mol. The molecule has 0 fully saturated rings. The van der Waals surface area contributed by atoms with Gasteiger partial charge >= 0.3 is 0 Å². The minimum absolute atomic E-state index is 0.136. The van der Waals surface area contributed by atoms with Crippen molar-refractivity contribution < 1.29 is 8.82 Å². The van der Waals surface area contributed by atoms with E-state index in [1.54, 1.807) is 0 Å². The normalized spacial score (nSPS) is 13.7. The van der Waals surface area contributed by atoms with E-state index in [0.29, 0.717) is 0 Å². The van der Waals surface area contributed by atoms with Crippen LogP contribution in [-0.4, -0.2) is 14.4 Å². The van der Waals surface area contributed by atoms with E-state index >= 15 is 0 Å². The van der Waals surface area contributed by atoms with Crippen LogP contribution >= 0.6 is 0 Å². The van der Waals surface area contributed by atoms with Crippen LogP contribution in [0.4, 0.5) is 4.39 Å². The Balaban J connectivity index is 2.03. The maximum absolute atomic E-state index is 14.6. The minimum Gasteiger partial charge on any atom is -0.398 e. The Morgan fingerprint density at radius 1 is 0.815 bits per heavy atom. The summed E-state index contributed by atoms with van der Waals surface area (Å²) < 4.78 is 21.2. The second-order valence-corrected chi connectivity index (χ2v) is 10.4. The number of hydrogen-bond acceptors (Lipinski definition) is 1. The molecule has 2 atom stereocenters. The van der Waals surface area contributed by atoms with Crippen LogP contribution in [0.25, 0.3) is 0 Å². The zero-order chi connectivity index (χ0) is 19.3. The predicted octanol–water partition coefficient (Wildman–Crippen LogP) is 5.05. The Kier molecular flexibility index (Phi) is 6.04. The Labute approximate surface area is 162 Å². The van der Waals surface area contributed by atoms with Crippen LogP contribution in [0.2, 0.25) is 6.55 Å². The van der Waals surface area contributed by atoms with Crippen molar-refractivity contribution in [1.29, 1.82) is 0 Å². The van der Waals surface area contributed by atoms with Crippen LogP contribution in [0.3, 0.4) is 0 Å².